The number of aryl methyl sites for hydroxylation is 2. The monoisotopic (exact) mass is 337 g/mol. The minimum absolute atomic E-state index is 0.272. The van der Waals surface area contributed by atoms with E-state index in [0.717, 1.165) is 11.1 Å². The Balaban J connectivity index is 2.02. The highest BCUT2D eigenvalue weighted by atomic mass is 16.5. The van der Waals surface area contributed by atoms with Gasteiger partial charge in [-0.15, -0.1) is 0 Å². The van der Waals surface area contributed by atoms with E-state index in [1.54, 1.807) is 18.2 Å². The van der Waals surface area contributed by atoms with Gasteiger partial charge < -0.3 is 14.5 Å². The summed E-state index contributed by atoms with van der Waals surface area (Å²) in [5, 5.41) is 3.42. The van der Waals surface area contributed by atoms with E-state index in [0.29, 0.717) is 29.0 Å². The first-order valence-corrected chi connectivity index (χ1v) is 8.07. The molecular weight excluding hydrogens is 318 g/mol. The predicted molar refractivity (Wildman–Crippen MR) is 97.5 cm³/mol. The molecule has 0 aliphatic rings. The van der Waals surface area contributed by atoms with Crippen LogP contribution in [0.1, 0.15) is 28.4 Å². The molecule has 1 heterocycles. The van der Waals surface area contributed by atoms with Gasteiger partial charge in [0, 0.05) is 23.2 Å². The van der Waals surface area contributed by atoms with Crippen LogP contribution in [0.5, 0.6) is 5.75 Å². The van der Waals surface area contributed by atoms with Gasteiger partial charge in [-0.25, -0.2) is 4.79 Å². The number of hydrogen-bond donors (Lipinski definition) is 1. The summed E-state index contributed by atoms with van der Waals surface area (Å²) in [7, 11) is 0. The number of benzene rings is 2. The first-order valence-electron chi connectivity index (χ1n) is 8.07. The first-order chi connectivity index (χ1) is 12.0. The second-order valence-corrected chi connectivity index (χ2v) is 5.84. The van der Waals surface area contributed by atoms with Crippen molar-refractivity contribution in [2.24, 2.45) is 0 Å². The van der Waals surface area contributed by atoms with Crippen molar-refractivity contribution in [3.05, 3.63) is 69.6 Å². The van der Waals surface area contributed by atoms with Crippen molar-refractivity contribution in [1.82, 2.24) is 0 Å². The quantitative estimate of drug-likeness (QED) is 0.729. The number of anilines is 1. The maximum atomic E-state index is 12.7. The zero-order valence-electron chi connectivity index (χ0n) is 14.4. The fourth-order valence-electron chi connectivity index (χ4n) is 2.73. The fraction of sp³-hybridized carbons (Fsp3) is 0.200. The summed E-state index contributed by atoms with van der Waals surface area (Å²) in [4.78, 5) is 24.6. The number of ether oxygens (including phenoxy) is 1. The third-order valence-corrected chi connectivity index (χ3v) is 3.90. The predicted octanol–water partition coefficient (Wildman–Crippen LogP) is 4.06. The van der Waals surface area contributed by atoms with Crippen LogP contribution in [-0.4, -0.2) is 12.5 Å². The lowest BCUT2D eigenvalue weighted by Gasteiger charge is -2.11. The van der Waals surface area contributed by atoms with E-state index in [2.05, 4.69) is 5.32 Å². The molecule has 0 aliphatic heterocycles. The Hall–Kier alpha value is -3.08. The Labute approximate surface area is 145 Å². The molecule has 5 heteroatoms. The Bertz CT molecular complexity index is 1000. The highest BCUT2D eigenvalue weighted by Gasteiger charge is 2.15. The highest BCUT2D eigenvalue weighted by Crippen LogP contribution is 2.24. The number of fused-ring (bicyclic) bond motifs is 1. The molecule has 0 aliphatic carbocycles. The van der Waals surface area contributed by atoms with Crippen LogP contribution >= 0.6 is 0 Å². The second kappa shape index (κ2) is 6.81. The summed E-state index contributed by atoms with van der Waals surface area (Å²) in [5.41, 5.74) is 2.80. The van der Waals surface area contributed by atoms with Crippen LogP contribution in [0.2, 0.25) is 0 Å². The molecule has 2 aromatic carbocycles. The third-order valence-electron chi connectivity index (χ3n) is 3.90. The van der Waals surface area contributed by atoms with Crippen LogP contribution in [-0.2, 0) is 0 Å². The lowest BCUT2D eigenvalue weighted by atomic mass is 10.1. The molecule has 5 nitrogen and oxygen atoms in total. The normalized spacial score (nSPS) is 10.7. The van der Waals surface area contributed by atoms with Crippen LogP contribution in [0, 0.1) is 13.8 Å². The summed E-state index contributed by atoms with van der Waals surface area (Å²) < 4.78 is 10.6. The first kappa shape index (κ1) is 16.8. The molecule has 0 spiro atoms. The van der Waals surface area contributed by atoms with Crippen molar-refractivity contribution >= 4 is 22.6 Å². The summed E-state index contributed by atoms with van der Waals surface area (Å²) in [5.74, 6) is 0.235. The zero-order chi connectivity index (χ0) is 18.0. The average molecular weight is 337 g/mol. The average Bonchev–Trinajstić information content (AvgIpc) is 2.56. The standard InChI is InChI=1S/C20H19NO4/c1-4-24-14-6-7-15-16(11-19(22)25-18(15)10-14)20(23)21-17-8-5-12(2)9-13(17)3/h5-11H,4H2,1-3H3,(H,21,23). The van der Waals surface area contributed by atoms with Crippen molar-refractivity contribution in [2.45, 2.75) is 20.8 Å². The maximum absolute atomic E-state index is 12.7. The lowest BCUT2D eigenvalue weighted by Crippen LogP contribution is -2.16. The van der Waals surface area contributed by atoms with Crippen LogP contribution in [0.15, 0.2) is 51.7 Å². The molecule has 3 rings (SSSR count). The molecule has 1 amide bonds. The van der Waals surface area contributed by atoms with Crippen LogP contribution < -0.4 is 15.7 Å². The number of amides is 1. The van der Waals surface area contributed by atoms with Gasteiger partial charge in [-0.3, -0.25) is 4.79 Å². The van der Waals surface area contributed by atoms with Gasteiger partial charge in [0.15, 0.2) is 0 Å². The molecule has 1 N–H and O–H groups in total. The number of carbonyl (C=O) groups is 1. The van der Waals surface area contributed by atoms with E-state index in [9.17, 15) is 9.59 Å². The highest BCUT2D eigenvalue weighted by molar-refractivity contribution is 6.12. The van der Waals surface area contributed by atoms with Crippen molar-refractivity contribution < 1.29 is 13.9 Å². The van der Waals surface area contributed by atoms with Crippen molar-refractivity contribution in [1.29, 1.82) is 0 Å². The van der Waals surface area contributed by atoms with Gasteiger partial charge in [0.05, 0.1) is 12.2 Å². The number of nitrogens with one attached hydrogen (secondary N) is 1. The second-order valence-electron chi connectivity index (χ2n) is 5.84. The molecule has 3 aromatic rings. The molecule has 0 saturated heterocycles. The molecule has 0 unspecified atom stereocenters. The van der Waals surface area contributed by atoms with E-state index >= 15 is 0 Å². The van der Waals surface area contributed by atoms with Gasteiger partial charge in [-0.05, 0) is 44.5 Å². The lowest BCUT2D eigenvalue weighted by molar-refractivity contribution is 0.102. The SMILES string of the molecule is CCOc1ccc2c(C(=O)Nc3ccc(C)cc3C)cc(=O)oc2c1. The van der Waals surface area contributed by atoms with Gasteiger partial charge in [0.25, 0.3) is 5.91 Å². The molecular formula is C20H19NO4. The molecule has 0 radical (unpaired) electrons. The minimum atomic E-state index is -0.577. The summed E-state index contributed by atoms with van der Waals surface area (Å²) in [6.45, 7) is 6.29. The fourth-order valence-corrected chi connectivity index (χ4v) is 2.73. The molecule has 25 heavy (non-hydrogen) atoms. The molecule has 0 fully saturated rings. The molecule has 1 aromatic heterocycles. The summed E-state index contributed by atoms with van der Waals surface area (Å²) >= 11 is 0. The molecule has 0 saturated carbocycles. The van der Waals surface area contributed by atoms with Crippen LogP contribution in [0.4, 0.5) is 5.69 Å². The van der Waals surface area contributed by atoms with E-state index < -0.39 is 5.63 Å². The molecule has 0 bridgehead atoms. The van der Waals surface area contributed by atoms with Gasteiger partial charge in [0.2, 0.25) is 0 Å². The van der Waals surface area contributed by atoms with Gasteiger partial charge >= 0.3 is 5.63 Å². The Morgan fingerprint density at radius 2 is 1.92 bits per heavy atom. The van der Waals surface area contributed by atoms with Gasteiger partial charge in [0.1, 0.15) is 11.3 Å². The Morgan fingerprint density at radius 3 is 2.64 bits per heavy atom. The topological polar surface area (TPSA) is 68.5 Å². The summed E-state index contributed by atoms with van der Waals surface area (Å²) in [6.07, 6.45) is 0. The van der Waals surface area contributed by atoms with Crippen molar-refractivity contribution in [3.63, 3.8) is 0 Å². The number of rotatable bonds is 4. The maximum Gasteiger partial charge on any atom is 0.337 e. The van der Waals surface area contributed by atoms with Crippen molar-refractivity contribution in [2.75, 3.05) is 11.9 Å². The largest absolute Gasteiger partial charge is 0.494 e. The minimum Gasteiger partial charge on any atom is -0.494 e. The van der Waals surface area contributed by atoms with Crippen molar-refractivity contribution in [3.8, 4) is 5.75 Å². The van der Waals surface area contributed by atoms with E-state index in [-0.39, 0.29) is 11.5 Å². The van der Waals surface area contributed by atoms with E-state index in [4.69, 9.17) is 9.15 Å². The Kier molecular flexibility index (Phi) is 4.57. The third kappa shape index (κ3) is 3.55. The molecule has 0 atom stereocenters. The Morgan fingerprint density at radius 1 is 1.12 bits per heavy atom. The number of hydrogen-bond acceptors (Lipinski definition) is 4. The van der Waals surface area contributed by atoms with Gasteiger partial charge in [-0.1, -0.05) is 17.7 Å². The van der Waals surface area contributed by atoms with Gasteiger partial charge in [-0.2, -0.15) is 0 Å². The smallest absolute Gasteiger partial charge is 0.337 e. The molecule has 128 valence electrons. The van der Waals surface area contributed by atoms with Crippen LogP contribution in [0.3, 0.4) is 0 Å². The van der Waals surface area contributed by atoms with Crippen LogP contribution in [0.25, 0.3) is 11.0 Å². The summed E-state index contributed by atoms with van der Waals surface area (Å²) in [6, 6.07) is 12.1. The van der Waals surface area contributed by atoms with E-state index in [1.165, 1.54) is 6.07 Å². The van der Waals surface area contributed by atoms with E-state index in [1.807, 2.05) is 39.0 Å². The number of carbonyl (C=O) groups excluding carboxylic acids is 1. The zero-order valence-corrected chi connectivity index (χ0v) is 14.4.